The third-order valence-corrected chi connectivity index (χ3v) is 4.42. The molecule has 2 rings (SSSR count). The molecule has 1 aromatic carbocycles. The molecule has 0 saturated heterocycles. The van der Waals surface area contributed by atoms with Gasteiger partial charge in [-0.25, -0.2) is 9.78 Å². The van der Waals surface area contributed by atoms with Crippen LogP contribution in [0.5, 0.6) is 0 Å². The molecular formula is C20H22BrN3O4. The number of halogens is 1. The summed E-state index contributed by atoms with van der Waals surface area (Å²) >= 11 is 3.37. The molecule has 2 amide bonds. The molecule has 0 atom stereocenters. The van der Waals surface area contributed by atoms with Crippen molar-refractivity contribution < 1.29 is 19.1 Å². The molecule has 2 aromatic rings. The summed E-state index contributed by atoms with van der Waals surface area (Å²) in [6, 6.07) is 8.59. The zero-order chi connectivity index (χ0) is 20.7. The Balaban J connectivity index is 1.88. The van der Waals surface area contributed by atoms with Gasteiger partial charge in [-0.2, -0.15) is 0 Å². The van der Waals surface area contributed by atoms with E-state index in [9.17, 15) is 14.4 Å². The second-order valence-corrected chi connectivity index (χ2v) is 6.98. The molecule has 8 heteroatoms. The van der Waals surface area contributed by atoms with Crippen molar-refractivity contribution in [2.45, 2.75) is 27.2 Å². The highest BCUT2D eigenvalue weighted by atomic mass is 79.9. The molecule has 28 heavy (non-hydrogen) atoms. The number of benzene rings is 1. The smallest absolute Gasteiger partial charge is 0.339 e. The first-order chi connectivity index (χ1) is 13.3. The summed E-state index contributed by atoms with van der Waals surface area (Å²) in [7, 11) is 0. The van der Waals surface area contributed by atoms with Gasteiger partial charge in [-0.05, 0) is 50.6 Å². The first-order valence-electron chi connectivity index (χ1n) is 8.80. The van der Waals surface area contributed by atoms with Crippen molar-refractivity contribution >= 4 is 39.4 Å². The number of amides is 2. The number of aryl methyl sites for hydroxylation is 2. The fraction of sp³-hybridized carbons (Fsp3) is 0.300. The molecule has 0 radical (unpaired) electrons. The number of nitrogens with one attached hydrogen (secondary N) is 2. The van der Waals surface area contributed by atoms with Crippen LogP contribution in [-0.2, 0) is 9.53 Å². The minimum absolute atomic E-state index is 0.123. The number of aromatic nitrogens is 1. The van der Waals surface area contributed by atoms with Gasteiger partial charge in [0.2, 0.25) is 5.91 Å². The fourth-order valence-corrected chi connectivity index (χ4v) is 2.79. The van der Waals surface area contributed by atoms with Gasteiger partial charge in [0.1, 0.15) is 5.69 Å². The van der Waals surface area contributed by atoms with Crippen LogP contribution in [0.25, 0.3) is 0 Å². The van der Waals surface area contributed by atoms with Crippen LogP contribution in [0, 0.1) is 13.8 Å². The van der Waals surface area contributed by atoms with E-state index in [1.54, 1.807) is 13.8 Å². The Morgan fingerprint density at radius 3 is 2.57 bits per heavy atom. The van der Waals surface area contributed by atoms with Crippen molar-refractivity contribution in [3.8, 4) is 0 Å². The number of hydrogen-bond acceptors (Lipinski definition) is 5. The van der Waals surface area contributed by atoms with Crippen molar-refractivity contribution in [2.75, 3.05) is 18.5 Å². The van der Waals surface area contributed by atoms with E-state index >= 15 is 0 Å². The predicted octanol–water partition coefficient (Wildman–Crippen LogP) is 3.40. The van der Waals surface area contributed by atoms with Gasteiger partial charge in [-0.15, -0.1) is 0 Å². The normalized spacial score (nSPS) is 10.3. The second kappa shape index (κ2) is 9.98. The summed E-state index contributed by atoms with van der Waals surface area (Å²) < 4.78 is 5.81. The van der Waals surface area contributed by atoms with Gasteiger partial charge in [0, 0.05) is 23.1 Å². The zero-order valence-corrected chi connectivity index (χ0v) is 17.6. The van der Waals surface area contributed by atoms with Crippen LogP contribution in [0.2, 0.25) is 0 Å². The molecule has 0 aliphatic carbocycles. The lowest BCUT2D eigenvalue weighted by atomic mass is 10.2. The van der Waals surface area contributed by atoms with Crippen LogP contribution in [0.1, 0.15) is 45.4 Å². The Bertz CT molecular complexity index is 899. The molecule has 0 unspecified atom stereocenters. The average Bonchev–Trinajstić information content (AvgIpc) is 2.64. The molecule has 7 nitrogen and oxygen atoms in total. The molecule has 0 aliphatic heterocycles. The highest BCUT2D eigenvalue weighted by Crippen LogP contribution is 2.20. The lowest BCUT2D eigenvalue weighted by Crippen LogP contribution is -2.28. The molecule has 0 fully saturated rings. The Morgan fingerprint density at radius 1 is 1.14 bits per heavy atom. The number of carbonyl (C=O) groups excluding carboxylic acids is 3. The number of rotatable bonds is 7. The topological polar surface area (TPSA) is 97.4 Å². The van der Waals surface area contributed by atoms with Gasteiger partial charge in [-0.1, -0.05) is 22.0 Å². The quantitative estimate of drug-likeness (QED) is 0.633. The number of esters is 1. The molecular weight excluding hydrogens is 426 g/mol. The molecule has 0 aliphatic rings. The number of nitrogens with zero attached hydrogens (tertiary/aromatic N) is 1. The van der Waals surface area contributed by atoms with Gasteiger partial charge < -0.3 is 15.4 Å². The maximum absolute atomic E-state index is 12.2. The van der Waals surface area contributed by atoms with Gasteiger partial charge in [0.15, 0.2) is 0 Å². The van der Waals surface area contributed by atoms with Gasteiger partial charge >= 0.3 is 5.97 Å². The number of ether oxygens (including phenoxy) is 1. The minimum Gasteiger partial charge on any atom is -0.462 e. The van der Waals surface area contributed by atoms with E-state index in [4.69, 9.17) is 4.74 Å². The maximum atomic E-state index is 12.2. The molecule has 148 valence electrons. The lowest BCUT2D eigenvalue weighted by molar-refractivity contribution is -0.116. The Hall–Kier alpha value is -2.74. The van der Waals surface area contributed by atoms with E-state index in [2.05, 4.69) is 31.5 Å². The third-order valence-electron chi connectivity index (χ3n) is 3.93. The minimum atomic E-state index is -0.473. The first kappa shape index (κ1) is 21.6. The lowest BCUT2D eigenvalue weighted by Gasteiger charge is -2.10. The predicted molar refractivity (Wildman–Crippen MR) is 109 cm³/mol. The molecule has 0 spiro atoms. The second-order valence-electron chi connectivity index (χ2n) is 6.06. The van der Waals surface area contributed by atoms with Gasteiger partial charge in [0.25, 0.3) is 5.91 Å². The summed E-state index contributed by atoms with van der Waals surface area (Å²) in [6.45, 7) is 5.69. The molecule has 0 saturated carbocycles. The SMILES string of the molecule is CCOC(=O)c1ccc(C(=O)NCCC(=O)Nc2cc(Br)ccc2C)nc1C. The van der Waals surface area contributed by atoms with E-state index in [-0.39, 0.29) is 31.2 Å². The van der Waals surface area contributed by atoms with Crippen LogP contribution < -0.4 is 10.6 Å². The molecule has 1 aromatic heterocycles. The van der Waals surface area contributed by atoms with Crippen LogP contribution in [0.3, 0.4) is 0 Å². The van der Waals surface area contributed by atoms with Crippen LogP contribution in [0.15, 0.2) is 34.8 Å². The summed E-state index contributed by atoms with van der Waals surface area (Å²) in [5.41, 5.74) is 2.57. The van der Waals surface area contributed by atoms with Crippen molar-refractivity contribution in [1.82, 2.24) is 10.3 Å². The Morgan fingerprint density at radius 2 is 1.89 bits per heavy atom. The average molecular weight is 448 g/mol. The number of anilines is 1. The van der Waals surface area contributed by atoms with E-state index in [1.165, 1.54) is 12.1 Å². The fourth-order valence-electron chi connectivity index (χ4n) is 2.43. The van der Waals surface area contributed by atoms with E-state index in [0.29, 0.717) is 11.3 Å². The molecule has 2 N–H and O–H groups in total. The first-order valence-corrected chi connectivity index (χ1v) is 9.60. The Kier molecular flexibility index (Phi) is 7.69. The highest BCUT2D eigenvalue weighted by Gasteiger charge is 2.15. The summed E-state index contributed by atoms with van der Waals surface area (Å²) in [5, 5.41) is 5.47. The number of pyridine rings is 1. The van der Waals surface area contributed by atoms with Crippen molar-refractivity contribution in [3.63, 3.8) is 0 Å². The number of hydrogen-bond donors (Lipinski definition) is 2. The van der Waals surface area contributed by atoms with Crippen LogP contribution >= 0.6 is 15.9 Å². The summed E-state index contributed by atoms with van der Waals surface area (Å²) in [6.07, 6.45) is 0.123. The molecule has 1 heterocycles. The van der Waals surface area contributed by atoms with E-state index in [1.807, 2.05) is 25.1 Å². The monoisotopic (exact) mass is 447 g/mol. The van der Waals surface area contributed by atoms with Gasteiger partial charge in [0.05, 0.1) is 17.9 Å². The zero-order valence-electron chi connectivity index (χ0n) is 16.0. The van der Waals surface area contributed by atoms with Crippen molar-refractivity contribution in [3.05, 3.63) is 57.3 Å². The van der Waals surface area contributed by atoms with Crippen molar-refractivity contribution in [1.29, 1.82) is 0 Å². The third kappa shape index (κ3) is 5.88. The summed E-state index contributed by atoms with van der Waals surface area (Å²) in [4.78, 5) is 40.2. The Labute approximate surface area is 172 Å². The largest absolute Gasteiger partial charge is 0.462 e. The number of carbonyl (C=O) groups is 3. The van der Waals surface area contributed by atoms with Crippen molar-refractivity contribution in [2.24, 2.45) is 0 Å². The highest BCUT2D eigenvalue weighted by molar-refractivity contribution is 9.10. The van der Waals surface area contributed by atoms with E-state index < -0.39 is 11.9 Å². The van der Waals surface area contributed by atoms with Gasteiger partial charge in [-0.3, -0.25) is 9.59 Å². The summed E-state index contributed by atoms with van der Waals surface area (Å²) in [5.74, 6) is -1.09. The maximum Gasteiger partial charge on any atom is 0.339 e. The molecule has 0 bridgehead atoms. The van der Waals surface area contributed by atoms with Crippen LogP contribution in [-0.4, -0.2) is 35.9 Å². The van der Waals surface area contributed by atoms with Crippen LogP contribution in [0.4, 0.5) is 5.69 Å². The standard InChI is InChI=1S/C20H22BrN3O4/c1-4-28-20(27)15-7-8-16(23-13(15)3)19(26)22-10-9-18(25)24-17-11-14(21)6-5-12(17)2/h5-8,11H,4,9-10H2,1-3H3,(H,22,26)(H,24,25). The van der Waals surface area contributed by atoms with E-state index in [0.717, 1.165) is 15.7 Å².